The number of nitrogen functional groups attached to an aromatic ring is 1. The molecule has 0 spiro atoms. The SMILES string of the molecule is CCOc1ccc(Nc2ccc(C(N)=O)cc2N)cc1F. The van der Waals surface area contributed by atoms with E-state index in [1.54, 1.807) is 25.1 Å². The van der Waals surface area contributed by atoms with Crippen molar-refractivity contribution in [1.82, 2.24) is 0 Å². The van der Waals surface area contributed by atoms with Crippen LogP contribution < -0.4 is 21.5 Å². The zero-order valence-electron chi connectivity index (χ0n) is 11.5. The van der Waals surface area contributed by atoms with Crippen LogP contribution in [-0.2, 0) is 0 Å². The zero-order chi connectivity index (χ0) is 15.4. The number of anilines is 3. The number of hydrogen-bond acceptors (Lipinski definition) is 4. The Morgan fingerprint density at radius 2 is 2.05 bits per heavy atom. The molecule has 0 atom stereocenters. The van der Waals surface area contributed by atoms with Crippen molar-refractivity contribution in [2.75, 3.05) is 17.7 Å². The van der Waals surface area contributed by atoms with Crippen LogP contribution in [0.3, 0.4) is 0 Å². The Morgan fingerprint density at radius 1 is 1.29 bits per heavy atom. The third-order valence-corrected chi connectivity index (χ3v) is 2.85. The van der Waals surface area contributed by atoms with Crippen LogP contribution in [0.1, 0.15) is 17.3 Å². The molecule has 1 amide bonds. The highest BCUT2D eigenvalue weighted by molar-refractivity contribution is 5.95. The fraction of sp³-hybridized carbons (Fsp3) is 0.133. The molecule has 2 rings (SSSR count). The first-order valence-corrected chi connectivity index (χ1v) is 6.40. The number of ether oxygens (including phenoxy) is 1. The average molecular weight is 289 g/mol. The first-order valence-electron chi connectivity index (χ1n) is 6.40. The van der Waals surface area contributed by atoms with Gasteiger partial charge in [0.2, 0.25) is 5.91 Å². The quantitative estimate of drug-likeness (QED) is 0.738. The molecule has 0 aromatic heterocycles. The lowest BCUT2D eigenvalue weighted by atomic mass is 10.1. The number of halogens is 1. The van der Waals surface area contributed by atoms with Crippen LogP contribution in [-0.4, -0.2) is 12.5 Å². The summed E-state index contributed by atoms with van der Waals surface area (Å²) in [5.74, 6) is -0.824. The van der Waals surface area contributed by atoms with Crippen molar-refractivity contribution < 1.29 is 13.9 Å². The molecule has 0 saturated heterocycles. The van der Waals surface area contributed by atoms with Crippen LogP contribution in [0.15, 0.2) is 36.4 Å². The minimum absolute atomic E-state index is 0.195. The number of carbonyl (C=O) groups excluding carboxylic acids is 1. The van der Waals surface area contributed by atoms with E-state index in [1.807, 2.05) is 0 Å². The molecule has 0 saturated carbocycles. The molecule has 5 N–H and O–H groups in total. The van der Waals surface area contributed by atoms with Gasteiger partial charge in [-0.1, -0.05) is 0 Å². The summed E-state index contributed by atoms with van der Waals surface area (Å²) in [4.78, 5) is 11.0. The number of benzene rings is 2. The summed E-state index contributed by atoms with van der Waals surface area (Å²) < 4.78 is 18.9. The van der Waals surface area contributed by atoms with Crippen LogP contribution in [0.4, 0.5) is 21.5 Å². The van der Waals surface area contributed by atoms with E-state index in [0.29, 0.717) is 29.2 Å². The number of carbonyl (C=O) groups is 1. The number of amides is 1. The van der Waals surface area contributed by atoms with Gasteiger partial charge in [0.15, 0.2) is 11.6 Å². The van der Waals surface area contributed by atoms with Crippen molar-refractivity contribution in [3.8, 4) is 5.75 Å². The van der Waals surface area contributed by atoms with Gasteiger partial charge in [0.1, 0.15) is 0 Å². The zero-order valence-corrected chi connectivity index (χ0v) is 11.5. The van der Waals surface area contributed by atoms with Gasteiger partial charge in [-0.15, -0.1) is 0 Å². The van der Waals surface area contributed by atoms with Crippen molar-refractivity contribution in [2.45, 2.75) is 6.92 Å². The van der Waals surface area contributed by atoms with Crippen molar-refractivity contribution in [2.24, 2.45) is 5.73 Å². The van der Waals surface area contributed by atoms with Crippen molar-refractivity contribution in [1.29, 1.82) is 0 Å². The van der Waals surface area contributed by atoms with Crippen molar-refractivity contribution >= 4 is 23.0 Å². The van der Waals surface area contributed by atoms with Crippen molar-refractivity contribution in [3.63, 3.8) is 0 Å². The Labute approximate surface area is 121 Å². The van der Waals surface area contributed by atoms with Gasteiger partial charge in [0.05, 0.1) is 18.0 Å². The summed E-state index contributed by atoms with van der Waals surface area (Å²) in [6.45, 7) is 2.18. The smallest absolute Gasteiger partial charge is 0.248 e. The molecule has 0 heterocycles. The molecule has 5 nitrogen and oxygen atoms in total. The number of nitrogens with two attached hydrogens (primary N) is 2. The number of hydrogen-bond donors (Lipinski definition) is 3. The summed E-state index contributed by atoms with van der Waals surface area (Å²) in [5.41, 5.74) is 12.8. The average Bonchev–Trinajstić information content (AvgIpc) is 2.44. The standard InChI is InChI=1S/C15H16FN3O2/c1-2-21-14-6-4-10(8-11(14)16)19-13-5-3-9(15(18)20)7-12(13)17/h3-8,19H,2,17H2,1H3,(H2,18,20). The first-order chi connectivity index (χ1) is 10.0. The molecular formula is C15H16FN3O2. The highest BCUT2D eigenvalue weighted by Gasteiger charge is 2.07. The fourth-order valence-corrected chi connectivity index (χ4v) is 1.84. The molecule has 21 heavy (non-hydrogen) atoms. The molecule has 0 bridgehead atoms. The summed E-state index contributed by atoms with van der Waals surface area (Å²) in [6.07, 6.45) is 0. The van der Waals surface area contributed by atoms with Gasteiger partial charge in [-0.2, -0.15) is 0 Å². The summed E-state index contributed by atoms with van der Waals surface area (Å²) >= 11 is 0. The highest BCUT2D eigenvalue weighted by Crippen LogP contribution is 2.27. The van der Waals surface area contributed by atoms with Gasteiger partial charge >= 0.3 is 0 Å². The topological polar surface area (TPSA) is 90.4 Å². The number of rotatable bonds is 5. The summed E-state index contributed by atoms with van der Waals surface area (Å²) in [5, 5.41) is 2.98. The highest BCUT2D eigenvalue weighted by atomic mass is 19.1. The van der Waals surface area contributed by atoms with E-state index in [4.69, 9.17) is 16.2 Å². The van der Waals surface area contributed by atoms with Gasteiger partial charge in [-0.05, 0) is 37.3 Å². The van der Waals surface area contributed by atoms with Crippen LogP contribution in [0.2, 0.25) is 0 Å². The monoisotopic (exact) mass is 289 g/mol. The fourth-order valence-electron chi connectivity index (χ4n) is 1.84. The maximum atomic E-state index is 13.8. The lowest BCUT2D eigenvalue weighted by Gasteiger charge is -2.11. The van der Waals surface area contributed by atoms with Crippen LogP contribution >= 0.6 is 0 Å². The largest absolute Gasteiger partial charge is 0.491 e. The number of primary amides is 1. The molecular weight excluding hydrogens is 273 g/mol. The van der Waals surface area contributed by atoms with E-state index in [0.717, 1.165) is 0 Å². The van der Waals surface area contributed by atoms with E-state index in [1.165, 1.54) is 18.2 Å². The molecule has 2 aromatic carbocycles. The van der Waals surface area contributed by atoms with Crippen molar-refractivity contribution in [3.05, 3.63) is 47.8 Å². The Kier molecular flexibility index (Phi) is 4.27. The molecule has 2 aromatic rings. The van der Waals surface area contributed by atoms with Gasteiger partial charge in [0, 0.05) is 17.3 Å². The minimum Gasteiger partial charge on any atom is -0.491 e. The minimum atomic E-state index is -0.555. The molecule has 0 unspecified atom stereocenters. The van der Waals surface area contributed by atoms with Crippen LogP contribution in [0.5, 0.6) is 5.75 Å². The number of nitrogens with one attached hydrogen (secondary N) is 1. The third kappa shape index (κ3) is 3.42. The molecule has 0 fully saturated rings. The molecule has 0 radical (unpaired) electrons. The van der Waals surface area contributed by atoms with Gasteiger partial charge in [-0.25, -0.2) is 4.39 Å². The van der Waals surface area contributed by atoms with Crippen LogP contribution in [0, 0.1) is 5.82 Å². The van der Waals surface area contributed by atoms with E-state index in [-0.39, 0.29) is 5.75 Å². The molecule has 0 aliphatic rings. The Hall–Kier alpha value is -2.76. The first kappa shape index (κ1) is 14.6. The summed E-state index contributed by atoms with van der Waals surface area (Å²) in [6, 6.07) is 9.16. The predicted octanol–water partition coefficient (Wildman–Crippen LogP) is 2.65. The second kappa shape index (κ2) is 6.13. The maximum absolute atomic E-state index is 13.8. The normalized spacial score (nSPS) is 10.2. The van der Waals surface area contributed by atoms with Crippen LogP contribution in [0.25, 0.3) is 0 Å². The van der Waals surface area contributed by atoms with E-state index in [9.17, 15) is 9.18 Å². The molecule has 110 valence electrons. The molecule has 6 heteroatoms. The van der Waals surface area contributed by atoms with Gasteiger partial charge in [0.25, 0.3) is 0 Å². The van der Waals surface area contributed by atoms with Gasteiger partial charge < -0.3 is 21.5 Å². The second-order valence-corrected chi connectivity index (χ2v) is 4.37. The lowest BCUT2D eigenvalue weighted by molar-refractivity contribution is 0.100. The molecule has 0 aliphatic carbocycles. The van der Waals surface area contributed by atoms with E-state index < -0.39 is 11.7 Å². The van der Waals surface area contributed by atoms with E-state index >= 15 is 0 Å². The van der Waals surface area contributed by atoms with Gasteiger partial charge in [-0.3, -0.25) is 4.79 Å². The predicted molar refractivity (Wildman–Crippen MR) is 80.2 cm³/mol. The maximum Gasteiger partial charge on any atom is 0.248 e. The third-order valence-electron chi connectivity index (χ3n) is 2.85. The summed E-state index contributed by atoms with van der Waals surface area (Å²) in [7, 11) is 0. The Balaban J connectivity index is 2.22. The second-order valence-electron chi connectivity index (χ2n) is 4.37. The Morgan fingerprint density at radius 3 is 2.62 bits per heavy atom. The van der Waals surface area contributed by atoms with E-state index in [2.05, 4.69) is 5.32 Å². The Bertz CT molecular complexity index is 674. The molecule has 0 aliphatic heterocycles. The lowest BCUT2D eigenvalue weighted by Crippen LogP contribution is -2.11.